The highest BCUT2D eigenvalue weighted by Gasteiger charge is 2.66. The number of allylic oxidation sites excluding steroid dienone is 1. The predicted molar refractivity (Wildman–Crippen MR) is 94.8 cm³/mol. The van der Waals surface area contributed by atoms with Crippen LogP contribution in [0.15, 0.2) is 11.6 Å². The van der Waals surface area contributed by atoms with Crippen LogP contribution in [0.4, 0.5) is 0 Å². The van der Waals surface area contributed by atoms with E-state index in [4.69, 9.17) is 4.74 Å². The Labute approximate surface area is 150 Å². The number of esters is 1. The average Bonchev–Trinajstić information content (AvgIpc) is 3.10. The molecule has 0 radical (unpaired) electrons. The van der Waals surface area contributed by atoms with Crippen molar-refractivity contribution < 1.29 is 14.3 Å². The van der Waals surface area contributed by atoms with Crippen molar-refractivity contribution in [1.82, 2.24) is 0 Å². The van der Waals surface area contributed by atoms with Gasteiger partial charge in [-0.15, -0.1) is 0 Å². The second-order valence-electron chi connectivity index (χ2n) is 9.93. The molecule has 5 aliphatic rings. The molecule has 0 amide bonds. The van der Waals surface area contributed by atoms with Gasteiger partial charge in [-0.25, -0.2) is 0 Å². The molecule has 25 heavy (non-hydrogen) atoms. The van der Waals surface area contributed by atoms with Gasteiger partial charge in [-0.3, -0.25) is 9.59 Å². The molecule has 0 unspecified atom stereocenters. The Balaban J connectivity index is 1.49. The van der Waals surface area contributed by atoms with Crippen LogP contribution in [0.25, 0.3) is 0 Å². The third kappa shape index (κ3) is 1.93. The zero-order chi connectivity index (χ0) is 17.4. The lowest BCUT2D eigenvalue weighted by Crippen LogP contribution is -2.54. The summed E-state index contributed by atoms with van der Waals surface area (Å²) in [6, 6.07) is 0. The SMILES string of the molecule is C[C@@]12CCC(=O)C=C1CC[C@@H]1[C@@H]2CC[C@]2(C)[C@H]1CC[C@@]21CCC(=O)O1. The second kappa shape index (κ2) is 4.98. The third-order valence-corrected chi connectivity index (χ3v) is 9.29. The number of carbonyl (C=O) groups excluding carboxylic acids is 2. The van der Waals surface area contributed by atoms with Gasteiger partial charge >= 0.3 is 5.97 Å². The lowest BCUT2D eigenvalue weighted by atomic mass is 9.46. The highest BCUT2D eigenvalue weighted by Crippen LogP contribution is 2.69. The topological polar surface area (TPSA) is 43.4 Å². The highest BCUT2D eigenvalue weighted by molar-refractivity contribution is 5.91. The maximum atomic E-state index is 11.9. The van der Waals surface area contributed by atoms with Gasteiger partial charge in [0, 0.05) is 18.3 Å². The first kappa shape index (κ1) is 16.1. The van der Waals surface area contributed by atoms with Crippen LogP contribution in [0.2, 0.25) is 0 Å². The first-order valence-electron chi connectivity index (χ1n) is 10.3. The van der Waals surface area contributed by atoms with Crippen molar-refractivity contribution in [2.24, 2.45) is 28.6 Å². The van der Waals surface area contributed by atoms with Crippen LogP contribution in [0.1, 0.15) is 78.1 Å². The number of hydrogen-bond acceptors (Lipinski definition) is 3. The van der Waals surface area contributed by atoms with Crippen molar-refractivity contribution >= 4 is 11.8 Å². The molecule has 1 aliphatic heterocycles. The molecule has 5 rings (SSSR count). The molecule has 1 saturated heterocycles. The van der Waals surface area contributed by atoms with Crippen molar-refractivity contribution in [2.45, 2.75) is 83.7 Å². The largest absolute Gasteiger partial charge is 0.458 e. The average molecular weight is 342 g/mol. The van der Waals surface area contributed by atoms with Crippen molar-refractivity contribution in [3.05, 3.63) is 11.6 Å². The summed E-state index contributed by atoms with van der Waals surface area (Å²) < 4.78 is 6.01. The van der Waals surface area contributed by atoms with E-state index in [-0.39, 0.29) is 22.4 Å². The Morgan fingerprint density at radius 2 is 1.72 bits per heavy atom. The second-order valence-corrected chi connectivity index (χ2v) is 9.93. The minimum Gasteiger partial charge on any atom is -0.458 e. The van der Waals surface area contributed by atoms with Crippen molar-refractivity contribution in [3.8, 4) is 0 Å². The number of rotatable bonds is 0. The molecule has 3 nitrogen and oxygen atoms in total. The van der Waals surface area contributed by atoms with E-state index in [2.05, 4.69) is 13.8 Å². The van der Waals surface area contributed by atoms with E-state index in [9.17, 15) is 9.59 Å². The van der Waals surface area contributed by atoms with Crippen LogP contribution in [-0.4, -0.2) is 17.4 Å². The van der Waals surface area contributed by atoms with Gasteiger partial charge in [0.15, 0.2) is 5.78 Å². The van der Waals surface area contributed by atoms with Crippen molar-refractivity contribution in [2.75, 3.05) is 0 Å². The molecule has 4 fully saturated rings. The third-order valence-electron chi connectivity index (χ3n) is 9.29. The molecule has 6 atom stereocenters. The maximum absolute atomic E-state index is 11.9. The number of carbonyl (C=O) groups is 2. The van der Waals surface area contributed by atoms with Gasteiger partial charge in [0.2, 0.25) is 0 Å². The van der Waals surface area contributed by atoms with Gasteiger partial charge in [0.25, 0.3) is 0 Å². The number of ether oxygens (including phenoxy) is 1. The highest BCUT2D eigenvalue weighted by atomic mass is 16.6. The van der Waals surface area contributed by atoms with E-state index in [1.165, 1.54) is 31.3 Å². The zero-order valence-corrected chi connectivity index (χ0v) is 15.6. The molecule has 0 aromatic rings. The molecule has 0 aromatic carbocycles. The molecule has 4 aliphatic carbocycles. The smallest absolute Gasteiger partial charge is 0.306 e. The van der Waals surface area contributed by atoms with Crippen LogP contribution in [0.3, 0.4) is 0 Å². The predicted octanol–water partition coefficient (Wildman–Crippen LogP) is 4.59. The number of hydrogen-bond donors (Lipinski definition) is 0. The Hall–Kier alpha value is -1.12. The van der Waals surface area contributed by atoms with E-state index in [0.717, 1.165) is 38.0 Å². The van der Waals surface area contributed by atoms with Gasteiger partial charge < -0.3 is 4.74 Å². The molecule has 0 bridgehead atoms. The molecule has 1 heterocycles. The monoisotopic (exact) mass is 342 g/mol. The Morgan fingerprint density at radius 3 is 2.48 bits per heavy atom. The summed E-state index contributed by atoms with van der Waals surface area (Å²) in [5.41, 5.74) is 1.68. The van der Waals surface area contributed by atoms with Crippen LogP contribution in [0, 0.1) is 28.6 Å². The molecule has 0 aromatic heterocycles. The summed E-state index contributed by atoms with van der Waals surface area (Å²) in [4.78, 5) is 23.8. The van der Waals surface area contributed by atoms with E-state index < -0.39 is 0 Å². The Morgan fingerprint density at radius 1 is 0.920 bits per heavy atom. The number of fused-ring (bicyclic) bond motifs is 6. The fourth-order valence-electron chi connectivity index (χ4n) is 7.85. The Bertz CT molecular complexity index is 679. The van der Waals surface area contributed by atoms with E-state index in [1.54, 1.807) is 0 Å². The molecule has 3 saturated carbocycles. The fourth-order valence-corrected chi connectivity index (χ4v) is 7.85. The van der Waals surface area contributed by atoms with E-state index in [1.807, 2.05) is 6.08 Å². The minimum atomic E-state index is -0.167. The summed E-state index contributed by atoms with van der Waals surface area (Å²) in [6.07, 6.45) is 12.3. The summed E-state index contributed by atoms with van der Waals surface area (Å²) in [6.45, 7) is 4.86. The molecular formula is C22H30O3. The molecule has 136 valence electrons. The summed E-state index contributed by atoms with van der Waals surface area (Å²) in [5, 5.41) is 0. The van der Waals surface area contributed by atoms with Gasteiger partial charge in [0.1, 0.15) is 5.60 Å². The van der Waals surface area contributed by atoms with Crippen LogP contribution < -0.4 is 0 Å². The lowest BCUT2D eigenvalue weighted by molar-refractivity contribution is -0.168. The van der Waals surface area contributed by atoms with E-state index >= 15 is 0 Å². The zero-order valence-electron chi connectivity index (χ0n) is 15.6. The van der Waals surface area contributed by atoms with Gasteiger partial charge in [-0.2, -0.15) is 0 Å². The summed E-state index contributed by atoms with van der Waals surface area (Å²) in [5.74, 6) is 2.51. The van der Waals surface area contributed by atoms with Gasteiger partial charge in [-0.1, -0.05) is 19.4 Å². The Kier molecular flexibility index (Phi) is 3.21. The molecule has 3 heteroatoms. The van der Waals surface area contributed by atoms with E-state index in [0.29, 0.717) is 24.0 Å². The lowest BCUT2D eigenvalue weighted by Gasteiger charge is -2.59. The standard InChI is InChI=1S/C22H30O3/c1-20-9-5-15(23)13-14(20)3-4-16-17(20)6-10-21(2)18(16)7-11-22(21)12-8-19(24)25-22/h13,16-18H,3-12H2,1-2H3/t16-,17+,18+,20-,21-,22-/m1/s1. The van der Waals surface area contributed by atoms with Gasteiger partial charge in [0.05, 0.1) is 0 Å². The first-order valence-corrected chi connectivity index (χ1v) is 10.3. The molecule has 0 N–H and O–H groups in total. The number of ketones is 1. The van der Waals surface area contributed by atoms with Crippen LogP contribution in [-0.2, 0) is 14.3 Å². The maximum Gasteiger partial charge on any atom is 0.306 e. The van der Waals surface area contributed by atoms with Crippen molar-refractivity contribution in [3.63, 3.8) is 0 Å². The summed E-state index contributed by atoms with van der Waals surface area (Å²) >= 11 is 0. The normalized spacial score (nSPS) is 51.6. The fraction of sp³-hybridized carbons (Fsp3) is 0.818. The summed E-state index contributed by atoms with van der Waals surface area (Å²) in [7, 11) is 0. The molecular weight excluding hydrogens is 312 g/mol. The van der Waals surface area contributed by atoms with Crippen LogP contribution >= 0.6 is 0 Å². The molecule has 1 spiro atoms. The van der Waals surface area contributed by atoms with Crippen molar-refractivity contribution in [1.29, 1.82) is 0 Å². The van der Waals surface area contributed by atoms with Crippen LogP contribution in [0.5, 0.6) is 0 Å². The minimum absolute atomic E-state index is 0.0237. The quantitative estimate of drug-likeness (QED) is 0.605. The van der Waals surface area contributed by atoms with Gasteiger partial charge in [-0.05, 0) is 80.6 Å². The first-order chi connectivity index (χ1) is 11.9.